The van der Waals surface area contributed by atoms with Crippen LogP contribution in [0, 0.1) is 5.82 Å². The maximum atomic E-state index is 12.9. The SMILES string of the molecule is CC(C)(c1cccc(F)c1)S(C)(=O)=O. The number of sulfone groups is 1. The molecule has 0 spiro atoms. The lowest BCUT2D eigenvalue weighted by atomic mass is 10.0. The van der Waals surface area contributed by atoms with Gasteiger partial charge in [0, 0.05) is 6.26 Å². The maximum absolute atomic E-state index is 12.9. The molecule has 2 nitrogen and oxygen atoms in total. The van der Waals surface area contributed by atoms with Gasteiger partial charge in [0.05, 0.1) is 4.75 Å². The Hall–Kier alpha value is -0.900. The fourth-order valence-corrected chi connectivity index (χ4v) is 1.63. The highest BCUT2D eigenvalue weighted by Gasteiger charge is 2.32. The minimum absolute atomic E-state index is 0.417. The van der Waals surface area contributed by atoms with Crippen LogP contribution < -0.4 is 0 Å². The second-order valence-corrected chi connectivity index (χ2v) is 6.36. The molecule has 0 bridgehead atoms. The van der Waals surface area contributed by atoms with Crippen LogP contribution in [0.15, 0.2) is 24.3 Å². The molecule has 4 heteroatoms. The standard InChI is InChI=1S/C10H13FO2S/c1-10(2,14(3,12)13)8-5-4-6-9(11)7-8/h4-7H,1-3H3. The number of hydrogen-bond acceptors (Lipinski definition) is 2. The van der Waals surface area contributed by atoms with Crippen LogP contribution >= 0.6 is 0 Å². The highest BCUT2D eigenvalue weighted by molar-refractivity contribution is 7.91. The molecule has 78 valence electrons. The summed E-state index contributed by atoms with van der Waals surface area (Å²) in [6.07, 6.45) is 1.15. The van der Waals surface area contributed by atoms with Crippen molar-refractivity contribution in [2.45, 2.75) is 18.6 Å². The predicted molar refractivity (Wildman–Crippen MR) is 54.3 cm³/mol. The van der Waals surface area contributed by atoms with E-state index < -0.39 is 20.4 Å². The fraction of sp³-hybridized carbons (Fsp3) is 0.400. The third-order valence-electron chi connectivity index (χ3n) is 2.45. The summed E-state index contributed by atoms with van der Waals surface area (Å²) in [7, 11) is -3.24. The highest BCUT2D eigenvalue weighted by atomic mass is 32.2. The number of hydrogen-bond donors (Lipinski definition) is 0. The molecule has 0 radical (unpaired) electrons. The highest BCUT2D eigenvalue weighted by Crippen LogP contribution is 2.28. The molecule has 0 aliphatic heterocycles. The molecule has 0 saturated carbocycles. The van der Waals surface area contributed by atoms with E-state index in [0.29, 0.717) is 5.56 Å². The Labute approximate surface area is 83.7 Å². The molecule has 1 rings (SSSR count). The van der Waals surface area contributed by atoms with Gasteiger partial charge in [0.15, 0.2) is 9.84 Å². The molecule has 1 aromatic carbocycles. The van der Waals surface area contributed by atoms with Gasteiger partial charge in [-0.2, -0.15) is 0 Å². The van der Waals surface area contributed by atoms with Crippen molar-refractivity contribution in [1.29, 1.82) is 0 Å². The zero-order valence-corrected chi connectivity index (χ0v) is 9.23. The van der Waals surface area contributed by atoms with E-state index in [4.69, 9.17) is 0 Å². The minimum atomic E-state index is -3.24. The van der Waals surface area contributed by atoms with Crippen molar-refractivity contribution >= 4 is 9.84 Å². The molecule has 1 aromatic rings. The monoisotopic (exact) mass is 216 g/mol. The Bertz CT molecular complexity index is 435. The van der Waals surface area contributed by atoms with Crippen LogP contribution in [-0.4, -0.2) is 14.7 Å². The van der Waals surface area contributed by atoms with Gasteiger partial charge < -0.3 is 0 Å². The lowest BCUT2D eigenvalue weighted by Gasteiger charge is -2.22. The van der Waals surface area contributed by atoms with Crippen LogP contribution in [0.4, 0.5) is 4.39 Å². The predicted octanol–water partition coefficient (Wildman–Crippen LogP) is 2.11. The molecule has 0 N–H and O–H groups in total. The van der Waals surface area contributed by atoms with E-state index in [1.807, 2.05) is 0 Å². The lowest BCUT2D eigenvalue weighted by Crippen LogP contribution is -2.28. The molecule has 14 heavy (non-hydrogen) atoms. The Kier molecular flexibility index (Phi) is 2.67. The first-order chi connectivity index (χ1) is 6.25. The van der Waals surface area contributed by atoms with E-state index in [1.54, 1.807) is 19.9 Å². The van der Waals surface area contributed by atoms with E-state index in [2.05, 4.69) is 0 Å². The number of benzene rings is 1. The third kappa shape index (κ3) is 1.95. The summed E-state index contributed by atoms with van der Waals surface area (Å²) < 4.78 is 34.7. The van der Waals surface area contributed by atoms with Gasteiger partial charge in [-0.25, -0.2) is 12.8 Å². The Morgan fingerprint density at radius 1 is 1.29 bits per heavy atom. The maximum Gasteiger partial charge on any atom is 0.156 e. The summed E-state index contributed by atoms with van der Waals surface area (Å²) in [6, 6.07) is 5.67. The first kappa shape index (κ1) is 11.2. The topological polar surface area (TPSA) is 34.1 Å². The number of halogens is 1. The van der Waals surface area contributed by atoms with E-state index in [1.165, 1.54) is 18.2 Å². The summed E-state index contributed by atoms with van der Waals surface area (Å²) in [5.74, 6) is -0.417. The Morgan fingerprint density at radius 2 is 1.86 bits per heavy atom. The van der Waals surface area contributed by atoms with Crippen LogP contribution in [0.25, 0.3) is 0 Å². The summed E-state index contributed by atoms with van der Waals surface area (Å²) in [4.78, 5) is 0. The minimum Gasteiger partial charge on any atom is -0.228 e. The van der Waals surface area contributed by atoms with Crippen molar-refractivity contribution in [3.05, 3.63) is 35.6 Å². The average molecular weight is 216 g/mol. The van der Waals surface area contributed by atoms with Crippen molar-refractivity contribution in [2.75, 3.05) is 6.26 Å². The molecule has 0 amide bonds. The molecule has 0 heterocycles. The van der Waals surface area contributed by atoms with Crippen molar-refractivity contribution in [3.63, 3.8) is 0 Å². The molecule has 0 aliphatic rings. The van der Waals surface area contributed by atoms with Crippen molar-refractivity contribution in [3.8, 4) is 0 Å². The third-order valence-corrected chi connectivity index (χ3v) is 4.54. The first-order valence-electron chi connectivity index (χ1n) is 4.21. The molecule has 0 unspecified atom stereocenters. The summed E-state index contributed by atoms with van der Waals surface area (Å²) in [5.41, 5.74) is 0.472. The van der Waals surface area contributed by atoms with Gasteiger partial charge in [-0.05, 0) is 31.5 Å². The second-order valence-electron chi connectivity index (χ2n) is 3.79. The van der Waals surface area contributed by atoms with Gasteiger partial charge in [0.25, 0.3) is 0 Å². The van der Waals surface area contributed by atoms with Crippen molar-refractivity contribution in [1.82, 2.24) is 0 Å². The van der Waals surface area contributed by atoms with Gasteiger partial charge >= 0.3 is 0 Å². The average Bonchev–Trinajstić information content (AvgIpc) is 2.02. The van der Waals surface area contributed by atoms with Gasteiger partial charge in [-0.15, -0.1) is 0 Å². The number of rotatable bonds is 2. The molecule has 0 saturated heterocycles. The molecular formula is C10H13FO2S. The lowest BCUT2D eigenvalue weighted by molar-refractivity contribution is 0.558. The largest absolute Gasteiger partial charge is 0.228 e. The van der Waals surface area contributed by atoms with Crippen LogP contribution in [0.2, 0.25) is 0 Å². The molecule has 0 atom stereocenters. The van der Waals surface area contributed by atoms with Crippen LogP contribution in [0.3, 0.4) is 0 Å². The van der Waals surface area contributed by atoms with E-state index in [9.17, 15) is 12.8 Å². The van der Waals surface area contributed by atoms with E-state index >= 15 is 0 Å². The van der Waals surface area contributed by atoms with E-state index in [0.717, 1.165) is 6.26 Å². The summed E-state index contributed by atoms with van der Waals surface area (Å²) in [6.45, 7) is 3.13. The summed E-state index contributed by atoms with van der Waals surface area (Å²) in [5, 5.41) is 0. The zero-order chi connectivity index (χ0) is 11.0. The normalized spacial score (nSPS) is 12.9. The van der Waals surface area contributed by atoms with Gasteiger partial charge in [0.1, 0.15) is 5.82 Å². The van der Waals surface area contributed by atoms with Crippen molar-refractivity contribution < 1.29 is 12.8 Å². The molecule has 0 aliphatic carbocycles. The van der Waals surface area contributed by atoms with Gasteiger partial charge in [-0.3, -0.25) is 0 Å². The van der Waals surface area contributed by atoms with Gasteiger partial charge in [-0.1, -0.05) is 12.1 Å². The quantitative estimate of drug-likeness (QED) is 0.758. The summed E-state index contributed by atoms with van der Waals surface area (Å²) >= 11 is 0. The van der Waals surface area contributed by atoms with E-state index in [-0.39, 0.29) is 0 Å². The Morgan fingerprint density at radius 3 is 2.29 bits per heavy atom. The first-order valence-corrected chi connectivity index (χ1v) is 6.10. The smallest absolute Gasteiger partial charge is 0.156 e. The van der Waals surface area contributed by atoms with Crippen LogP contribution in [0.1, 0.15) is 19.4 Å². The van der Waals surface area contributed by atoms with Crippen LogP contribution in [-0.2, 0) is 14.6 Å². The van der Waals surface area contributed by atoms with Crippen molar-refractivity contribution in [2.24, 2.45) is 0 Å². The zero-order valence-electron chi connectivity index (χ0n) is 8.41. The second kappa shape index (κ2) is 3.35. The molecule has 0 fully saturated rings. The Balaban J connectivity index is 3.31. The molecular weight excluding hydrogens is 203 g/mol. The van der Waals surface area contributed by atoms with Crippen LogP contribution in [0.5, 0.6) is 0 Å². The fourth-order valence-electron chi connectivity index (χ4n) is 1.08. The van der Waals surface area contributed by atoms with Gasteiger partial charge in [0.2, 0.25) is 0 Å². The molecule has 0 aromatic heterocycles.